The molecule has 0 spiro atoms. The van der Waals surface area contributed by atoms with Crippen LogP contribution in [-0.2, 0) is 4.79 Å². The molecule has 1 unspecified atom stereocenters. The van der Waals surface area contributed by atoms with Crippen molar-refractivity contribution in [2.75, 3.05) is 5.32 Å². The van der Waals surface area contributed by atoms with Crippen molar-refractivity contribution >= 4 is 46.3 Å². The Morgan fingerprint density at radius 2 is 1.64 bits per heavy atom. The molecular formula is C20H15N3O3S2. The number of fused-ring (bicyclic) bond motifs is 2. The molecule has 2 aromatic carbocycles. The van der Waals surface area contributed by atoms with Crippen molar-refractivity contribution in [3.8, 4) is 0 Å². The Bertz CT molecular complexity index is 1120. The molecule has 6 nitrogen and oxygen atoms in total. The Labute approximate surface area is 169 Å². The van der Waals surface area contributed by atoms with E-state index in [4.69, 9.17) is 0 Å². The second-order valence-corrected chi connectivity index (χ2v) is 9.07. The van der Waals surface area contributed by atoms with E-state index >= 15 is 0 Å². The number of rotatable bonds is 4. The van der Waals surface area contributed by atoms with Crippen LogP contribution in [0.3, 0.4) is 0 Å². The summed E-state index contributed by atoms with van der Waals surface area (Å²) in [5.74, 6) is -0.612. The van der Waals surface area contributed by atoms with Crippen molar-refractivity contribution in [1.29, 1.82) is 0 Å². The quantitative estimate of drug-likeness (QED) is 0.517. The Hall–Kier alpha value is -2.84. The summed E-state index contributed by atoms with van der Waals surface area (Å²) in [5, 5.41) is 11.2. The van der Waals surface area contributed by atoms with Gasteiger partial charge in [0, 0.05) is 27.9 Å². The Morgan fingerprint density at radius 1 is 1.00 bits per heavy atom. The lowest BCUT2D eigenvalue weighted by Gasteiger charge is -2.18. The zero-order valence-electron chi connectivity index (χ0n) is 15.1. The molecule has 1 N–H and O–H groups in total. The maximum atomic E-state index is 12.8. The first-order valence-corrected chi connectivity index (χ1v) is 10.2. The van der Waals surface area contributed by atoms with Crippen molar-refractivity contribution in [2.45, 2.75) is 23.4 Å². The number of amides is 1. The number of anilines is 1. The smallest absolute Gasteiger partial charge is 0.237 e. The van der Waals surface area contributed by atoms with Crippen LogP contribution < -0.4 is 5.32 Å². The maximum absolute atomic E-state index is 12.8. The molecule has 0 saturated heterocycles. The minimum atomic E-state index is -0.388. The number of hydrogen-bond acceptors (Lipinski definition) is 7. The molecule has 0 bridgehead atoms. The minimum absolute atomic E-state index is 0.182. The van der Waals surface area contributed by atoms with Gasteiger partial charge in [0.2, 0.25) is 5.91 Å². The van der Waals surface area contributed by atoms with Crippen molar-refractivity contribution in [1.82, 2.24) is 10.2 Å². The van der Waals surface area contributed by atoms with Gasteiger partial charge in [-0.3, -0.25) is 14.4 Å². The zero-order chi connectivity index (χ0) is 19.8. The second-order valence-electron chi connectivity index (χ2n) is 6.30. The summed E-state index contributed by atoms with van der Waals surface area (Å²) in [6.07, 6.45) is 0. The van der Waals surface area contributed by atoms with Crippen LogP contribution in [0.2, 0.25) is 0 Å². The highest BCUT2D eigenvalue weighted by molar-refractivity contribution is 8.02. The van der Waals surface area contributed by atoms with E-state index in [-0.39, 0.29) is 22.7 Å². The SMILES string of the molecule is Cc1nnc(SC(C)C(=O)Nc2ccc3c(c2)C(=O)c2ccccc2C3=O)s1. The number of carbonyl (C=O) groups excluding carboxylic acids is 3. The van der Waals surface area contributed by atoms with E-state index in [2.05, 4.69) is 15.5 Å². The van der Waals surface area contributed by atoms with E-state index in [0.717, 1.165) is 9.35 Å². The number of hydrogen-bond donors (Lipinski definition) is 1. The number of aromatic nitrogens is 2. The fraction of sp³-hybridized carbons (Fsp3) is 0.150. The zero-order valence-corrected chi connectivity index (χ0v) is 16.7. The van der Waals surface area contributed by atoms with Gasteiger partial charge in [0.25, 0.3) is 0 Å². The van der Waals surface area contributed by atoms with Gasteiger partial charge in [0.15, 0.2) is 15.9 Å². The summed E-state index contributed by atoms with van der Waals surface area (Å²) < 4.78 is 0.725. The summed E-state index contributed by atoms with van der Waals surface area (Å²) >= 11 is 2.75. The monoisotopic (exact) mass is 409 g/mol. The molecular weight excluding hydrogens is 394 g/mol. The van der Waals surface area contributed by atoms with Gasteiger partial charge in [0.1, 0.15) is 5.01 Å². The van der Waals surface area contributed by atoms with E-state index in [1.807, 2.05) is 6.92 Å². The summed E-state index contributed by atoms with van der Waals surface area (Å²) in [5.41, 5.74) is 1.94. The van der Waals surface area contributed by atoms with Gasteiger partial charge in [-0.1, -0.05) is 47.4 Å². The number of nitrogens with zero attached hydrogens (tertiary/aromatic N) is 2. The summed E-state index contributed by atoms with van der Waals surface area (Å²) in [7, 11) is 0. The van der Waals surface area contributed by atoms with Crippen LogP contribution in [0.5, 0.6) is 0 Å². The molecule has 1 aliphatic carbocycles. The highest BCUT2D eigenvalue weighted by atomic mass is 32.2. The van der Waals surface area contributed by atoms with Gasteiger partial charge in [-0.15, -0.1) is 10.2 Å². The minimum Gasteiger partial charge on any atom is -0.325 e. The van der Waals surface area contributed by atoms with Crippen molar-refractivity contribution in [3.63, 3.8) is 0 Å². The fourth-order valence-electron chi connectivity index (χ4n) is 2.95. The average Bonchev–Trinajstić information content (AvgIpc) is 3.10. The predicted octanol–water partition coefficient (Wildman–Crippen LogP) is 3.74. The van der Waals surface area contributed by atoms with Crippen molar-refractivity contribution < 1.29 is 14.4 Å². The predicted molar refractivity (Wildman–Crippen MR) is 108 cm³/mol. The third-order valence-corrected chi connectivity index (χ3v) is 6.37. The number of carbonyl (C=O) groups is 3. The molecule has 28 heavy (non-hydrogen) atoms. The van der Waals surface area contributed by atoms with Gasteiger partial charge in [-0.05, 0) is 32.0 Å². The molecule has 1 amide bonds. The molecule has 3 aromatic rings. The normalized spacial score (nSPS) is 13.6. The lowest BCUT2D eigenvalue weighted by Crippen LogP contribution is -2.24. The second kappa shape index (κ2) is 7.29. The highest BCUT2D eigenvalue weighted by Crippen LogP contribution is 2.30. The van der Waals surface area contributed by atoms with Crippen LogP contribution in [0, 0.1) is 6.92 Å². The van der Waals surface area contributed by atoms with E-state index < -0.39 is 0 Å². The average molecular weight is 409 g/mol. The first kappa shape index (κ1) is 18.5. The van der Waals surface area contributed by atoms with Gasteiger partial charge in [-0.2, -0.15) is 0 Å². The van der Waals surface area contributed by atoms with Gasteiger partial charge >= 0.3 is 0 Å². The van der Waals surface area contributed by atoms with Crippen molar-refractivity contribution in [3.05, 3.63) is 69.7 Å². The molecule has 1 heterocycles. The molecule has 8 heteroatoms. The molecule has 1 atom stereocenters. The first-order chi connectivity index (χ1) is 13.4. The lowest BCUT2D eigenvalue weighted by atomic mass is 9.84. The lowest BCUT2D eigenvalue weighted by molar-refractivity contribution is -0.115. The van der Waals surface area contributed by atoms with E-state index in [1.54, 1.807) is 49.4 Å². The molecule has 1 aliphatic rings. The van der Waals surface area contributed by atoms with Crippen LogP contribution in [0.4, 0.5) is 5.69 Å². The summed E-state index contributed by atoms with van der Waals surface area (Å²) in [6, 6.07) is 11.6. The molecule has 0 fully saturated rings. The molecule has 4 rings (SSSR count). The molecule has 0 aliphatic heterocycles. The number of thioether (sulfide) groups is 1. The third kappa shape index (κ3) is 3.36. The van der Waals surface area contributed by atoms with Crippen LogP contribution in [0.15, 0.2) is 46.8 Å². The molecule has 140 valence electrons. The largest absolute Gasteiger partial charge is 0.325 e. The number of ketones is 2. The van der Waals surface area contributed by atoms with Crippen LogP contribution in [0.25, 0.3) is 0 Å². The molecule has 0 radical (unpaired) electrons. The summed E-state index contributed by atoms with van der Waals surface area (Å²) in [6.45, 7) is 3.64. The Morgan fingerprint density at radius 3 is 2.29 bits per heavy atom. The Balaban J connectivity index is 1.55. The van der Waals surface area contributed by atoms with Crippen LogP contribution in [0.1, 0.15) is 43.8 Å². The third-order valence-electron chi connectivity index (χ3n) is 4.35. The van der Waals surface area contributed by atoms with E-state index in [1.165, 1.54) is 23.1 Å². The number of aryl methyl sites for hydroxylation is 1. The van der Waals surface area contributed by atoms with Gasteiger partial charge in [0.05, 0.1) is 5.25 Å². The van der Waals surface area contributed by atoms with Crippen LogP contribution >= 0.6 is 23.1 Å². The number of nitrogens with one attached hydrogen (secondary N) is 1. The topological polar surface area (TPSA) is 89.0 Å². The van der Waals surface area contributed by atoms with Gasteiger partial charge < -0.3 is 5.32 Å². The molecule has 0 saturated carbocycles. The van der Waals surface area contributed by atoms with Gasteiger partial charge in [-0.25, -0.2) is 0 Å². The maximum Gasteiger partial charge on any atom is 0.237 e. The van der Waals surface area contributed by atoms with Crippen LogP contribution in [-0.4, -0.2) is 32.9 Å². The molecule has 1 aromatic heterocycles. The summed E-state index contributed by atoms with van der Waals surface area (Å²) in [4.78, 5) is 37.9. The fourth-order valence-corrected chi connectivity index (χ4v) is 4.91. The van der Waals surface area contributed by atoms with E-state index in [9.17, 15) is 14.4 Å². The first-order valence-electron chi connectivity index (χ1n) is 8.54. The standard InChI is InChI=1S/C20H15N3O3S2/c1-10(27-20-23-22-11(2)28-20)19(26)21-12-7-8-15-16(9-12)18(25)14-6-4-3-5-13(14)17(15)24/h3-10H,1-2H3,(H,21,26). The Kier molecular flexibility index (Phi) is 4.82. The van der Waals surface area contributed by atoms with E-state index in [0.29, 0.717) is 27.9 Å². The number of benzene rings is 2. The van der Waals surface area contributed by atoms with Crippen molar-refractivity contribution in [2.24, 2.45) is 0 Å². The highest BCUT2D eigenvalue weighted by Gasteiger charge is 2.29.